The van der Waals surface area contributed by atoms with Gasteiger partial charge in [-0.2, -0.15) is 34.2 Å². The third-order valence-electron chi connectivity index (χ3n) is 3.66. The van der Waals surface area contributed by atoms with Crippen LogP contribution in [0, 0.1) is 56.2 Å². The highest BCUT2D eigenvalue weighted by Gasteiger charge is 2.82. The van der Waals surface area contributed by atoms with E-state index in [2.05, 4.69) is 0 Å². The van der Waals surface area contributed by atoms with Crippen LogP contribution >= 0.6 is 0 Å². The van der Waals surface area contributed by atoms with Crippen molar-refractivity contribution >= 4 is 0 Å². The van der Waals surface area contributed by atoms with Gasteiger partial charge in [0.2, 0.25) is 0 Å². The minimum absolute atomic E-state index is 0.0176. The predicted octanol–water partition coefficient (Wildman–Crippen LogP) is 2.87. The molecule has 0 atom stereocenters. The van der Waals surface area contributed by atoms with Gasteiger partial charge in [-0.05, 0) is 11.6 Å². The summed E-state index contributed by atoms with van der Waals surface area (Å²) in [5.41, 5.74) is -4.86. The number of rotatable bonds is 1. The molecule has 1 saturated carbocycles. The standard InChI is InChI=1S/C14H5F3N4/c15-14(16,17)10-3-1-2-9(4-10)11-12(5-18,6-19)13(11,7-20)8-21/h1-4,11H. The van der Waals surface area contributed by atoms with E-state index in [0.29, 0.717) is 0 Å². The van der Waals surface area contributed by atoms with Crippen LogP contribution in [-0.2, 0) is 6.18 Å². The third kappa shape index (κ3) is 1.65. The first-order valence-electron chi connectivity index (χ1n) is 5.65. The van der Waals surface area contributed by atoms with Crippen molar-refractivity contribution in [2.75, 3.05) is 0 Å². The summed E-state index contributed by atoms with van der Waals surface area (Å²) in [6.07, 6.45) is -4.59. The highest BCUT2D eigenvalue weighted by atomic mass is 19.4. The van der Waals surface area contributed by atoms with E-state index < -0.39 is 28.5 Å². The molecule has 7 heteroatoms. The molecule has 4 nitrogen and oxygen atoms in total. The zero-order chi connectivity index (χ0) is 15.9. The zero-order valence-corrected chi connectivity index (χ0v) is 10.3. The molecule has 1 aromatic rings. The Hall–Kier alpha value is -3.03. The molecule has 0 amide bonds. The maximum atomic E-state index is 12.7. The monoisotopic (exact) mass is 286 g/mol. The Labute approximate surface area is 117 Å². The minimum Gasteiger partial charge on any atom is -0.196 e. The molecule has 0 aliphatic heterocycles. The van der Waals surface area contributed by atoms with E-state index >= 15 is 0 Å². The number of hydrogen-bond donors (Lipinski definition) is 0. The molecule has 0 saturated heterocycles. The summed E-state index contributed by atoms with van der Waals surface area (Å²) in [6.45, 7) is 0. The van der Waals surface area contributed by atoms with Crippen molar-refractivity contribution in [1.29, 1.82) is 21.0 Å². The minimum atomic E-state index is -4.59. The van der Waals surface area contributed by atoms with Gasteiger partial charge in [0.1, 0.15) is 0 Å². The molecule has 0 bridgehead atoms. The lowest BCUT2D eigenvalue weighted by Gasteiger charge is -2.08. The summed E-state index contributed by atoms with van der Waals surface area (Å²) < 4.78 is 38.1. The zero-order valence-electron chi connectivity index (χ0n) is 10.3. The van der Waals surface area contributed by atoms with Crippen molar-refractivity contribution in [3.05, 3.63) is 35.4 Å². The van der Waals surface area contributed by atoms with Crippen molar-refractivity contribution in [3.63, 3.8) is 0 Å². The number of halogens is 3. The lowest BCUT2D eigenvalue weighted by molar-refractivity contribution is -0.137. The molecule has 102 valence electrons. The van der Waals surface area contributed by atoms with Crippen LogP contribution in [0.1, 0.15) is 17.0 Å². The van der Waals surface area contributed by atoms with Gasteiger partial charge in [0.05, 0.1) is 35.8 Å². The van der Waals surface area contributed by atoms with E-state index in [-0.39, 0.29) is 5.56 Å². The number of nitrogens with zero attached hydrogens (tertiary/aromatic N) is 4. The lowest BCUT2D eigenvalue weighted by Crippen LogP contribution is -2.05. The Morgan fingerprint density at radius 3 is 1.76 bits per heavy atom. The number of benzene rings is 1. The molecule has 2 rings (SSSR count). The quantitative estimate of drug-likeness (QED) is 0.793. The van der Waals surface area contributed by atoms with Crippen LogP contribution in [0.15, 0.2) is 24.3 Å². The lowest BCUT2D eigenvalue weighted by atomic mass is 9.98. The molecule has 0 N–H and O–H groups in total. The first-order valence-corrected chi connectivity index (χ1v) is 5.65. The molecule has 1 aliphatic rings. The Bertz CT molecular complexity index is 702. The highest BCUT2D eigenvalue weighted by Crippen LogP contribution is 2.73. The van der Waals surface area contributed by atoms with E-state index in [0.717, 1.165) is 18.2 Å². The molecule has 0 radical (unpaired) electrons. The Morgan fingerprint density at radius 1 is 0.905 bits per heavy atom. The number of hydrogen-bond acceptors (Lipinski definition) is 4. The van der Waals surface area contributed by atoms with Gasteiger partial charge in [0, 0.05) is 0 Å². The Morgan fingerprint density at radius 2 is 1.38 bits per heavy atom. The topological polar surface area (TPSA) is 95.2 Å². The normalized spacial score (nSPS) is 18.6. The predicted molar refractivity (Wildman–Crippen MR) is 61.5 cm³/mol. The van der Waals surface area contributed by atoms with Gasteiger partial charge in [0.15, 0.2) is 10.8 Å². The summed E-state index contributed by atoms with van der Waals surface area (Å²) in [6, 6.07) is 10.5. The van der Waals surface area contributed by atoms with Crippen molar-refractivity contribution in [2.24, 2.45) is 10.8 Å². The van der Waals surface area contributed by atoms with Gasteiger partial charge in [0.25, 0.3) is 0 Å². The molecule has 0 heterocycles. The molecule has 0 spiro atoms. The fourth-order valence-electron chi connectivity index (χ4n) is 2.53. The number of nitriles is 4. The summed E-state index contributed by atoms with van der Waals surface area (Å²) in [7, 11) is 0. The molecule has 1 aliphatic carbocycles. The van der Waals surface area contributed by atoms with Crippen LogP contribution in [0.25, 0.3) is 0 Å². The second-order valence-corrected chi connectivity index (χ2v) is 4.62. The average Bonchev–Trinajstić information content (AvgIpc) is 3.09. The molecular weight excluding hydrogens is 281 g/mol. The summed E-state index contributed by atoms with van der Waals surface area (Å²) in [5.74, 6) is -1.18. The summed E-state index contributed by atoms with van der Waals surface area (Å²) >= 11 is 0. The third-order valence-corrected chi connectivity index (χ3v) is 3.66. The smallest absolute Gasteiger partial charge is 0.196 e. The van der Waals surface area contributed by atoms with Crippen LogP contribution in [0.5, 0.6) is 0 Å². The maximum absolute atomic E-state index is 12.7. The second kappa shape index (κ2) is 4.23. The van der Waals surface area contributed by atoms with Crippen molar-refractivity contribution in [2.45, 2.75) is 12.1 Å². The van der Waals surface area contributed by atoms with Crippen molar-refractivity contribution < 1.29 is 13.2 Å². The van der Waals surface area contributed by atoms with Crippen LogP contribution in [0.3, 0.4) is 0 Å². The Balaban J connectivity index is 2.60. The van der Waals surface area contributed by atoms with Gasteiger partial charge >= 0.3 is 6.18 Å². The van der Waals surface area contributed by atoms with Crippen molar-refractivity contribution in [1.82, 2.24) is 0 Å². The van der Waals surface area contributed by atoms with E-state index in [1.165, 1.54) is 6.07 Å². The van der Waals surface area contributed by atoms with Gasteiger partial charge in [-0.3, -0.25) is 0 Å². The molecule has 1 aromatic carbocycles. The highest BCUT2D eigenvalue weighted by molar-refractivity contribution is 5.59. The fourth-order valence-corrected chi connectivity index (χ4v) is 2.53. The molecule has 0 aromatic heterocycles. The number of alkyl halides is 3. The largest absolute Gasteiger partial charge is 0.416 e. The Kier molecular flexibility index (Phi) is 2.90. The summed E-state index contributed by atoms with van der Waals surface area (Å²) in [4.78, 5) is 0. The van der Waals surface area contributed by atoms with Gasteiger partial charge in [-0.25, -0.2) is 0 Å². The van der Waals surface area contributed by atoms with Crippen LogP contribution in [0.2, 0.25) is 0 Å². The first kappa shape index (κ1) is 14.4. The van der Waals surface area contributed by atoms with E-state index in [9.17, 15) is 13.2 Å². The molecule has 1 fully saturated rings. The van der Waals surface area contributed by atoms with E-state index in [1.54, 1.807) is 24.3 Å². The maximum Gasteiger partial charge on any atom is 0.416 e. The molecule has 21 heavy (non-hydrogen) atoms. The van der Waals surface area contributed by atoms with Gasteiger partial charge in [-0.15, -0.1) is 0 Å². The van der Waals surface area contributed by atoms with E-state index in [1.807, 2.05) is 0 Å². The van der Waals surface area contributed by atoms with Gasteiger partial charge < -0.3 is 0 Å². The summed E-state index contributed by atoms with van der Waals surface area (Å²) in [5, 5.41) is 36.5. The average molecular weight is 286 g/mol. The van der Waals surface area contributed by atoms with Crippen LogP contribution in [0.4, 0.5) is 13.2 Å². The fraction of sp³-hybridized carbons (Fsp3) is 0.286. The van der Waals surface area contributed by atoms with Crippen LogP contribution in [-0.4, -0.2) is 0 Å². The SMILES string of the molecule is N#CC1(C#N)C(c2cccc(C(F)(F)F)c2)C1(C#N)C#N. The molecule has 0 unspecified atom stereocenters. The van der Waals surface area contributed by atoms with Crippen molar-refractivity contribution in [3.8, 4) is 24.3 Å². The van der Waals surface area contributed by atoms with Crippen LogP contribution < -0.4 is 0 Å². The first-order chi connectivity index (χ1) is 9.82. The van der Waals surface area contributed by atoms with E-state index in [4.69, 9.17) is 21.0 Å². The second-order valence-electron chi connectivity index (χ2n) is 4.62. The molecular formula is C14H5F3N4. The van der Waals surface area contributed by atoms with Gasteiger partial charge in [-0.1, -0.05) is 18.2 Å².